The summed E-state index contributed by atoms with van der Waals surface area (Å²) >= 11 is 0. The fraction of sp³-hybridized carbons (Fsp3) is 0.529. The summed E-state index contributed by atoms with van der Waals surface area (Å²) in [4.78, 5) is 24.3. The maximum absolute atomic E-state index is 12.7. The summed E-state index contributed by atoms with van der Waals surface area (Å²) in [6, 6.07) is 2.82. The van der Waals surface area contributed by atoms with Gasteiger partial charge in [0.25, 0.3) is 0 Å². The molecule has 0 radical (unpaired) electrons. The summed E-state index contributed by atoms with van der Waals surface area (Å²) in [6.45, 7) is 0. The third-order valence-electron chi connectivity index (χ3n) is 4.89. The summed E-state index contributed by atoms with van der Waals surface area (Å²) < 4.78 is 38.0. The molecular formula is C17H19F3N2O3. The summed E-state index contributed by atoms with van der Waals surface area (Å²) in [5, 5.41) is 14.6. The van der Waals surface area contributed by atoms with Crippen molar-refractivity contribution in [2.45, 2.75) is 50.4 Å². The number of amides is 2. The van der Waals surface area contributed by atoms with Crippen LogP contribution in [0.15, 0.2) is 18.2 Å². The van der Waals surface area contributed by atoms with Crippen LogP contribution < -0.4 is 10.6 Å². The van der Waals surface area contributed by atoms with Crippen LogP contribution in [0.4, 0.5) is 13.2 Å². The van der Waals surface area contributed by atoms with E-state index in [2.05, 4.69) is 5.32 Å². The molecule has 1 heterocycles. The fourth-order valence-electron chi connectivity index (χ4n) is 3.56. The van der Waals surface area contributed by atoms with Gasteiger partial charge in [-0.3, -0.25) is 9.59 Å². The normalized spacial score (nSPS) is 26.5. The molecule has 1 aliphatic heterocycles. The molecular weight excluding hydrogens is 337 g/mol. The molecule has 0 saturated carbocycles. The van der Waals surface area contributed by atoms with Gasteiger partial charge in [0.1, 0.15) is 17.7 Å². The first kappa shape index (κ1) is 17.6. The minimum absolute atomic E-state index is 0.137. The van der Waals surface area contributed by atoms with E-state index < -0.39 is 30.0 Å². The molecule has 0 bridgehead atoms. The minimum atomic E-state index is -4.50. The highest BCUT2D eigenvalue weighted by Crippen LogP contribution is 2.35. The Kier molecular flexibility index (Phi) is 4.62. The third kappa shape index (κ3) is 3.57. The first-order valence-electron chi connectivity index (χ1n) is 8.25. The van der Waals surface area contributed by atoms with E-state index in [0.29, 0.717) is 12.8 Å². The average molecular weight is 356 g/mol. The maximum atomic E-state index is 12.7. The number of rotatable bonds is 2. The zero-order valence-electron chi connectivity index (χ0n) is 13.4. The van der Waals surface area contributed by atoms with Crippen LogP contribution in [0.1, 0.15) is 42.9 Å². The Morgan fingerprint density at radius 3 is 2.68 bits per heavy atom. The van der Waals surface area contributed by atoms with Crippen molar-refractivity contribution in [1.29, 1.82) is 0 Å². The van der Waals surface area contributed by atoms with E-state index in [1.54, 1.807) is 18.2 Å². The smallest absolute Gasteiger partial charge is 0.408 e. The van der Waals surface area contributed by atoms with Crippen molar-refractivity contribution in [2.75, 3.05) is 0 Å². The summed E-state index contributed by atoms with van der Waals surface area (Å²) in [6.07, 6.45) is -2.83. The van der Waals surface area contributed by atoms with Crippen LogP contribution in [0, 0.1) is 5.92 Å². The molecule has 2 aliphatic rings. The van der Waals surface area contributed by atoms with Gasteiger partial charge in [0.2, 0.25) is 11.8 Å². The number of benzene rings is 1. The molecule has 1 aromatic rings. The number of phenols is 1. The lowest BCUT2D eigenvalue weighted by molar-refractivity contribution is -0.171. The number of hydrogen-bond acceptors (Lipinski definition) is 3. The molecule has 3 rings (SSSR count). The minimum Gasteiger partial charge on any atom is -0.508 e. The number of phenolic OH excluding ortho intramolecular Hbond substituents is 1. The van der Waals surface area contributed by atoms with Gasteiger partial charge in [0.05, 0.1) is 6.04 Å². The number of halogens is 3. The molecule has 136 valence electrons. The number of fused-ring (bicyclic) bond motifs is 1. The quantitative estimate of drug-likeness (QED) is 0.712. The predicted octanol–water partition coefficient (Wildman–Crippen LogP) is 2.34. The van der Waals surface area contributed by atoms with Gasteiger partial charge < -0.3 is 15.7 Å². The van der Waals surface area contributed by atoms with Crippen LogP contribution in [-0.2, 0) is 16.0 Å². The van der Waals surface area contributed by atoms with Gasteiger partial charge in [-0.1, -0.05) is 12.1 Å². The van der Waals surface area contributed by atoms with E-state index in [9.17, 15) is 27.9 Å². The predicted molar refractivity (Wildman–Crippen MR) is 82.6 cm³/mol. The second-order valence-corrected chi connectivity index (χ2v) is 6.53. The molecule has 1 aromatic carbocycles. The number of alkyl halides is 3. The van der Waals surface area contributed by atoms with Crippen molar-refractivity contribution in [3.8, 4) is 5.75 Å². The van der Waals surface area contributed by atoms with E-state index in [-0.39, 0.29) is 24.6 Å². The number of piperidine rings is 1. The van der Waals surface area contributed by atoms with Crippen molar-refractivity contribution >= 4 is 11.8 Å². The van der Waals surface area contributed by atoms with E-state index in [4.69, 9.17) is 0 Å². The molecule has 3 atom stereocenters. The molecule has 25 heavy (non-hydrogen) atoms. The zero-order chi connectivity index (χ0) is 18.2. The molecule has 1 fully saturated rings. The lowest BCUT2D eigenvalue weighted by Gasteiger charge is -2.32. The molecule has 1 aliphatic carbocycles. The number of carbonyl (C=O) groups excluding carboxylic acids is 2. The molecule has 1 saturated heterocycles. The Balaban J connectivity index is 1.68. The highest BCUT2D eigenvalue weighted by atomic mass is 19.4. The topological polar surface area (TPSA) is 78.4 Å². The van der Waals surface area contributed by atoms with Crippen molar-refractivity contribution < 1.29 is 27.9 Å². The van der Waals surface area contributed by atoms with Crippen molar-refractivity contribution in [2.24, 2.45) is 5.92 Å². The largest absolute Gasteiger partial charge is 0.508 e. The average Bonchev–Trinajstić information content (AvgIpc) is 2.55. The lowest BCUT2D eigenvalue weighted by Crippen LogP contribution is -2.54. The number of aromatic hydroxyl groups is 1. The molecule has 0 aromatic heterocycles. The summed E-state index contributed by atoms with van der Waals surface area (Å²) in [5.41, 5.74) is 1.56. The van der Waals surface area contributed by atoms with Crippen molar-refractivity contribution in [3.63, 3.8) is 0 Å². The first-order chi connectivity index (χ1) is 11.8. The van der Waals surface area contributed by atoms with E-state index in [1.807, 2.05) is 5.32 Å². The van der Waals surface area contributed by atoms with Crippen molar-refractivity contribution in [3.05, 3.63) is 29.3 Å². The molecule has 2 amide bonds. The number of hydrogen-bond donors (Lipinski definition) is 3. The maximum Gasteiger partial charge on any atom is 0.408 e. The van der Waals surface area contributed by atoms with Gasteiger partial charge in [-0.15, -0.1) is 0 Å². The van der Waals surface area contributed by atoms with Crippen LogP contribution in [0.25, 0.3) is 0 Å². The van der Waals surface area contributed by atoms with Crippen LogP contribution >= 0.6 is 0 Å². The zero-order valence-corrected chi connectivity index (χ0v) is 13.4. The fourth-order valence-corrected chi connectivity index (χ4v) is 3.56. The Morgan fingerprint density at radius 1 is 1.24 bits per heavy atom. The van der Waals surface area contributed by atoms with Crippen LogP contribution in [0.3, 0.4) is 0 Å². The first-order valence-corrected chi connectivity index (χ1v) is 8.25. The molecule has 5 nitrogen and oxygen atoms in total. The second-order valence-electron chi connectivity index (χ2n) is 6.53. The van der Waals surface area contributed by atoms with Gasteiger partial charge in [0, 0.05) is 0 Å². The van der Waals surface area contributed by atoms with Crippen LogP contribution in [0.2, 0.25) is 0 Å². The monoisotopic (exact) mass is 356 g/mol. The van der Waals surface area contributed by atoms with Gasteiger partial charge in [-0.25, -0.2) is 0 Å². The molecule has 3 N–H and O–H groups in total. The van der Waals surface area contributed by atoms with E-state index >= 15 is 0 Å². The standard InChI is InChI=1S/C17H19F3N2O3/c18-17(19,20)14-8-7-11(16(25)22-14)15(24)21-12-5-1-4-10-9(12)3-2-6-13(10)23/h2-3,6,11-12,14,23H,1,4-5,7-8H2,(H,21,24)(H,22,25). The Hall–Kier alpha value is -2.25. The highest BCUT2D eigenvalue weighted by molar-refractivity contribution is 6.01. The highest BCUT2D eigenvalue weighted by Gasteiger charge is 2.46. The van der Waals surface area contributed by atoms with Crippen LogP contribution in [0.5, 0.6) is 5.75 Å². The summed E-state index contributed by atoms with van der Waals surface area (Å²) in [5.74, 6) is -2.42. The van der Waals surface area contributed by atoms with Gasteiger partial charge in [-0.05, 0) is 49.3 Å². The Labute approximate surface area is 142 Å². The van der Waals surface area contributed by atoms with Crippen molar-refractivity contribution in [1.82, 2.24) is 10.6 Å². The lowest BCUT2D eigenvalue weighted by atomic mass is 9.86. The number of nitrogens with one attached hydrogen (secondary N) is 2. The van der Waals surface area contributed by atoms with E-state index in [1.165, 1.54) is 0 Å². The Bertz CT molecular complexity index is 690. The Morgan fingerprint density at radius 2 is 2.00 bits per heavy atom. The number of carbonyl (C=O) groups is 2. The van der Waals surface area contributed by atoms with Gasteiger partial charge >= 0.3 is 6.18 Å². The third-order valence-corrected chi connectivity index (χ3v) is 4.89. The molecule has 0 spiro atoms. The van der Waals surface area contributed by atoms with E-state index in [0.717, 1.165) is 17.5 Å². The summed E-state index contributed by atoms with van der Waals surface area (Å²) in [7, 11) is 0. The van der Waals surface area contributed by atoms with Crippen LogP contribution in [-0.4, -0.2) is 29.1 Å². The van der Waals surface area contributed by atoms with Gasteiger partial charge in [0.15, 0.2) is 0 Å². The molecule has 3 unspecified atom stereocenters. The van der Waals surface area contributed by atoms with Gasteiger partial charge in [-0.2, -0.15) is 13.2 Å². The molecule has 8 heteroatoms. The second kappa shape index (κ2) is 6.57. The SMILES string of the molecule is O=C(NC1CCCc2c(O)cccc21)C1CCC(C(F)(F)F)NC1=O.